The predicted molar refractivity (Wildman–Crippen MR) is 132 cm³/mol. The molecule has 34 heavy (non-hydrogen) atoms. The van der Waals surface area contributed by atoms with E-state index in [0.717, 1.165) is 16.0 Å². The van der Waals surface area contributed by atoms with Gasteiger partial charge in [0.1, 0.15) is 10.8 Å². The van der Waals surface area contributed by atoms with Gasteiger partial charge in [-0.3, -0.25) is 9.59 Å². The summed E-state index contributed by atoms with van der Waals surface area (Å²) in [6, 6.07) is 13.0. The van der Waals surface area contributed by atoms with Crippen molar-refractivity contribution in [1.29, 1.82) is 0 Å². The van der Waals surface area contributed by atoms with Crippen LogP contribution in [-0.4, -0.2) is 34.9 Å². The fourth-order valence-electron chi connectivity index (χ4n) is 3.09. The number of nitrogens with one attached hydrogen (secondary N) is 1. The van der Waals surface area contributed by atoms with Gasteiger partial charge in [0.25, 0.3) is 11.5 Å². The number of carbonyl (C=O) groups is 2. The van der Waals surface area contributed by atoms with Crippen molar-refractivity contribution in [3.63, 3.8) is 0 Å². The second kappa shape index (κ2) is 10.3. The van der Waals surface area contributed by atoms with Crippen molar-refractivity contribution in [2.45, 2.75) is 6.92 Å². The third-order valence-corrected chi connectivity index (χ3v) is 6.03. The van der Waals surface area contributed by atoms with Crippen LogP contribution >= 0.6 is 34.5 Å². The topological polar surface area (TPSA) is 99.5 Å². The molecule has 2 heterocycles. The Morgan fingerprint density at radius 1 is 1.06 bits per heavy atom. The minimum atomic E-state index is -0.683. The highest BCUT2D eigenvalue weighted by Crippen LogP contribution is 2.31. The average Bonchev–Trinajstić information content (AvgIpc) is 3.24. The van der Waals surface area contributed by atoms with Gasteiger partial charge in [-0.25, -0.2) is 4.79 Å². The Balaban J connectivity index is 1.70. The van der Waals surface area contributed by atoms with E-state index in [0.29, 0.717) is 21.5 Å². The molecule has 0 aliphatic rings. The number of rotatable bonds is 7. The van der Waals surface area contributed by atoms with Crippen molar-refractivity contribution in [1.82, 2.24) is 9.78 Å². The van der Waals surface area contributed by atoms with Crippen molar-refractivity contribution in [2.24, 2.45) is 0 Å². The number of hydrogen-bond donors (Lipinski definition) is 1. The molecule has 11 heteroatoms. The number of halogens is 2. The van der Waals surface area contributed by atoms with Crippen molar-refractivity contribution in [2.75, 3.05) is 18.5 Å². The number of nitrogens with zero attached hydrogens (tertiary/aromatic N) is 2. The first-order valence-corrected chi connectivity index (χ1v) is 11.7. The van der Waals surface area contributed by atoms with Gasteiger partial charge in [0.15, 0.2) is 12.3 Å². The molecular weight excluding hydrogens is 501 g/mol. The quantitative estimate of drug-likeness (QED) is 0.348. The maximum absolute atomic E-state index is 13.3. The van der Waals surface area contributed by atoms with E-state index in [1.54, 1.807) is 60.8 Å². The lowest BCUT2D eigenvalue weighted by Gasteiger charge is -2.10. The number of aromatic nitrogens is 2. The third-order valence-electron chi connectivity index (χ3n) is 4.63. The molecule has 0 aliphatic heterocycles. The van der Waals surface area contributed by atoms with Crippen molar-refractivity contribution in [3.8, 4) is 11.4 Å². The van der Waals surface area contributed by atoms with E-state index in [1.807, 2.05) is 0 Å². The number of ether oxygens (including phenoxy) is 2. The molecule has 174 valence electrons. The lowest BCUT2D eigenvalue weighted by molar-refractivity contribution is -0.118. The summed E-state index contributed by atoms with van der Waals surface area (Å²) in [7, 11) is 0. The van der Waals surface area contributed by atoms with E-state index in [4.69, 9.17) is 32.7 Å². The van der Waals surface area contributed by atoms with Crippen LogP contribution in [0.5, 0.6) is 5.75 Å². The third kappa shape index (κ3) is 5.06. The fourth-order valence-corrected chi connectivity index (χ4v) is 4.30. The Hall–Kier alpha value is -3.40. The molecule has 1 amide bonds. The monoisotopic (exact) mass is 517 g/mol. The number of thiophene rings is 1. The number of esters is 1. The van der Waals surface area contributed by atoms with Crippen molar-refractivity contribution < 1.29 is 19.1 Å². The molecule has 0 saturated heterocycles. The maximum atomic E-state index is 13.3. The van der Waals surface area contributed by atoms with E-state index >= 15 is 0 Å². The normalized spacial score (nSPS) is 10.8. The summed E-state index contributed by atoms with van der Waals surface area (Å²) in [5, 5.41) is 10.2. The van der Waals surface area contributed by atoms with E-state index in [2.05, 4.69) is 10.4 Å². The molecule has 2 aromatic carbocycles. The Labute approximate surface area is 207 Å². The Morgan fingerprint density at radius 2 is 1.71 bits per heavy atom. The van der Waals surface area contributed by atoms with Crippen LogP contribution in [0.4, 0.5) is 5.00 Å². The second-order valence-corrected chi connectivity index (χ2v) is 8.66. The van der Waals surface area contributed by atoms with Crippen LogP contribution in [0.3, 0.4) is 0 Å². The number of hydrogen-bond acceptors (Lipinski definition) is 7. The summed E-state index contributed by atoms with van der Waals surface area (Å²) in [4.78, 5) is 38.5. The molecule has 0 spiro atoms. The van der Waals surface area contributed by atoms with Crippen molar-refractivity contribution >= 4 is 62.2 Å². The lowest BCUT2D eigenvalue weighted by atomic mass is 10.2. The molecule has 0 unspecified atom stereocenters. The van der Waals surface area contributed by atoms with Gasteiger partial charge >= 0.3 is 5.97 Å². The summed E-state index contributed by atoms with van der Waals surface area (Å²) in [5.74, 6) is -0.697. The molecular formula is C23H17Cl2N3O5S. The molecule has 0 aliphatic carbocycles. The van der Waals surface area contributed by atoms with Gasteiger partial charge in [-0.2, -0.15) is 9.78 Å². The molecule has 4 rings (SSSR count). The lowest BCUT2D eigenvalue weighted by Crippen LogP contribution is -2.26. The van der Waals surface area contributed by atoms with Gasteiger partial charge in [0.05, 0.1) is 17.7 Å². The van der Waals surface area contributed by atoms with Gasteiger partial charge in [-0.15, -0.1) is 11.3 Å². The maximum Gasteiger partial charge on any atom is 0.359 e. The fraction of sp³-hybridized carbons (Fsp3) is 0.130. The van der Waals surface area contributed by atoms with Gasteiger partial charge < -0.3 is 14.8 Å². The Bertz CT molecular complexity index is 1420. The molecule has 0 atom stereocenters. The number of amides is 1. The molecule has 0 bridgehead atoms. The number of anilines is 1. The van der Waals surface area contributed by atoms with Crippen LogP contribution in [0.2, 0.25) is 10.0 Å². The highest BCUT2D eigenvalue weighted by atomic mass is 35.5. The molecule has 4 aromatic rings. The largest absolute Gasteiger partial charge is 0.484 e. The molecule has 8 nitrogen and oxygen atoms in total. The van der Waals surface area contributed by atoms with Crippen LogP contribution in [-0.2, 0) is 9.53 Å². The van der Waals surface area contributed by atoms with E-state index < -0.39 is 17.4 Å². The SMILES string of the molecule is CCOC(=O)c1nn(-c2ccc(Cl)cc2)c(=O)c2c(NC(=O)COc3ccc(Cl)cc3)scc12. The minimum absolute atomic E-state index is 0.0411. The summed E-state index contributed by atoms with van der Waals surface area (Å²) in [6.07, 6.45) is 0. The number of benzene rings is 2. The zero-order valence-corrected chi connectivity index (χ0v) is 20.0. The molecule has 0 radical (unpaired) electrons. The summed E-state index contributed by atoms with van der Waals surface area (Å²) in [6.45, 7) is 1.52. The molecule has 0 fully saturated rings. The van der Waals surface area contributed by atoms with Crippen molar-refractivity contribution in [3.05, 3.63) is 80.0 Å². The highest BCUT2D eigenvalue weighted by Gasteiger charge is 2.23. The van der Waals surface area contributed by atoms with E-state index in [-0.39, 0.29) is 34.7 Å². The summed E-state index contributed by atoms with van der Waals surface area (Å²) in [5.41, 5.74) is -0.155. The van der Waals surface area contributed by atoms with Crippen LogP contribution < -0.4 is 15.6 Å². The first kappa shape index (κ1) is 23.7. The number of fused-ring (bicyclic) bond motifs is 1. The molecule has 0 saturated carbocycles. The predicted octanol–water partition coefficient (Wildman–Crippen LogP) is 4.95. The zero-order valence-electron chi connectivity index (χ0n) is 17.7. The standard InChI is InChI=1S/C23H17Cl2N3O5S/c1-2-32-23(31)20-17-12-34-21(26-18(29)11-33-16-9-5-14(25)6-10-16)19(17)22(30)28(27-20)15-7-3-13(24)4-8-15/h3-10,12H,2,11H2,1H3,(H,26,29). The minimum Gasteiger partial charge on any atom is -0.484 e. The summed E-state index contributed by atoms with van der Waals surface area (Å²) >= 11 is 12.9. The average molecular weight is 518 g/mol. The first-order chi connectivity index (χ1) is 16.4. The highest BCUT2D eigenvalue weighted by molar-refractivity contribution is 7.16. The molecule has 1 N–H and O–H groups in total. The van der Waals surface area contributed by atoms with Gasteiger partial charge in [0.2, 0.25) is 0 Å². The van der Waals surface area contributed by atoms with E-state index in [1.165, 1.54) is 0 Å². The van der Waals surface area contributed by atoms with Crippen LogP contribution in [0.1, 0.15) is 17.4 Å². The van der Waals surface area contributed by atoms with Crippen LogP contribution in [0.15, 0.2) is 58.7 Å². The smallest absolute Gasteiger partial charge is 0.359 e. The first-order valence-electron chi connectivity index (χ1n) is 10.0. The van der Waals surface area contributed by atoms with Gasteiger partial charge in [-0.05, 0) is 55.5 Å². The van der Waals surface area contributed by atoms with E-state index in [9.17, 15) is 14.4 Å². The molecule has 2 aromatic heterocycles. The summed E-state index contributed by atoms with van der Waals surface area (Å²) < 4.78 is 11.7. The second-order valence-electron chi connectivity index (χ2n) is 6.91. The van der Waals surface area contributed by atoms with Crippen LogP contribution in [0, 0.1) is 0 Å². The number of carbonyl (C=O) groups excluding carboxylic acids is 2. The Morgan fingerprint density at radius 3 is 2.35 bits per heavy atom. The van der Waals surface area contributed by atoms with Gasteiger partial charge in [0, 0.05) is 20.8 Å². The van der Waals surface area contributed by atoms with Crippen LogP contribution in [0.25, 0.3) is 16.5 Å². The van der Waals surface area contributed by atoms with Gasteiger partial charge in [-0.1, -0.05) is 23.2 Å². The zero-order chi connectivity index (χ0) is 24.2. The Kier molecular flexibility index (Phi) is 7.16.